The smallest absolute Gasteiger partial charge is 0.311 e. The number of carbonyl (C=O) groups is 2. The molecule has 15 heavy (non-hydrogen) atoms. The first kappa shape index (κ1) is 11.4. The Kier molecular flexibility index (Phi) is 4.54. The normalized spacial score (nSPS) is 9.67. The minimum atomic E-state index is -0.326. The van der Waals surface area contributed by atoms with E-state index in [1.165, 1.54) is 0 Å². The number of esters is 1. The van der Waals surface area contributed by atoms with Crippen LogP contribution in [0, 0.1) is 6.92 Å². The van der Waals surface area contributed by atoms with E-state index in [1.54, 1.807) is 24.3 Å². The molecule has 0 aliphatic heterocycles. The molecule has 3 heteroatoms. The molecule has 1 aromatic carbocycles. The first-order valence-electron chi connectivity index (χ1n) is 4.82. The van der Waals surface area contributed by atoms with Gasteiger partial charge < -0.3 is 4.74 Å². The van der Waals surface area contributed by atoms with E-state index in [0.717, 1.165) is 0 Å². The fourth-order valence-electron chi connectivity index (χ4n) is 1.11. The predicted octanol–water partition coefficient (Wildman–Crippen LogP) is 2.41. The largest absolute Gasteiger partial charge is 0.426 e. The van der Waals surface area contributed by atoms with Crippen molar-refractivity contribution in [2.75, 3.05) is 0 Å². The van der Waals surface area contributed by atoms with Gasteiger partial charge in [-0.15, -0.1) is 0 Å². The summed E-state index contributed by atoms with van der Waals surface area (Å²) >= 11 is 0. The van der Waals surface area contributed by atoms with Crippen molar-refractivity contribution in [2.45, 2.75) is 19.3 Å². The quantitative estimate of drug-likeness (QED) is 0.421. The van der Waals surface area contributed by atoms with E-state index in [4.69, 9.17) is 4.74 Å². The molecule has 1 aromatic rings. The van der Waals surface area contributed by atoms with Gasteiger partial charge in [-0.05, 0) is 18.6 Å². The van der Waals surface area contributed by atoms with Crippen LogP contribution >= 0.6 is 0 Å². The lowest BCUT2D eigenvalue weighted by atomic mass is 10.2. The van der Waals surface area contributed by atoms with E-state index in [2.05, 4.69) is 6.92 Å². The maximum absolute atomic E-state index is 11.3. The predicted molar refractivity (Wildman–Crippen MR) is 56.7 cm³/mol. The second kappa shape index (κ2) is 5.96. The number of aldehydes is 1. The Morgan fingerprint density at radius 2 is 2.13 bits per heavy atom. The summed E-state index contributed by atoms with van der Waals surface area (Å²) in [5, 5.41) is 0. The Morgan fingerprint density at radius 1 is 1.40 bits per heavy atom. The second-order valence-corrected chi connectivity index (χ2v) is 3.09. The summed E-state index contributed by atoms with van der Waals surface area (Å²) in [6.45, 7) is 3.63. The molecule has 79 valence electrons. The standard InChI is InChI=1S/C12H13O3/c1-2-3-8-12(14)15-11-7-5-4-6-10(11)9-13/h4-7,9H,1-3,8H2. The minimum Gasteiger partial charge on any atom is -0.426 e. The Bertz CT molecular complexity index is 344. The molecule has 1 radical (unpaired) electrons. The van der Waals surface area contributed by atoms with Crippen LogP contribution in [0.3, 0.4) is 0 Å². The molecule has 0 unspecified atom stereocenters. The molecule has 0 saturated carbocycles. The van der Waals surface area contributed by atoms with Gasteiger partial charge in [0, 0.05) is 6.42 Å². The fourth-order valence-corrected chi connectivity index (χ4v) is 1.11. The van der Waals surface area contributed by atoms with Gasteiger partial charge >= 0.3 is 5.97 Å². The Morgan fingerprint density at radius 3 is 2.80 bits per heavy atom. The van der Waals surface area contributed by atoms with Crippen LogP contribution in [0.1, 0.15) is 29.6 Å². The molecule has 0 amide bonds. The number of para-hydroxylation sites is 1. The first-order valence-corrected chi connectivity index (χ1v) is 4.82. The molecule has 0 saturated heterocycles. The zero-order valence-electron chi connectivity index (χ0n) is 8.44. The third kappa shape index (κ3) is 3.54. The number of carbonyl (C=O) groups excluding carboxylic acids is 2. The Labute approximate surface area is 89.1 Å². The molecule has 3 nitrogen and oxygen atoms in total. The number of unbranched alkanes of at least 4 members (excludes halogenated alkanes) is 1. The van der Waals surface area contributed by atoms with Crippen LogP contribution in [-0.2, 0) is 4.79 Å². The molecule has 0 fully saturated rings. The molecule has 0 aliphatic carbocycles. The Balaban J connectivity index is 2.63. The first-order chi connectivity index (χ1) is 7.27. The maximum Gasteiger partial charge on any atom is 0.311 e. The Hall–Kier alpha value is -1.64. The van der Waals surface area contributed by atoms with Gasteiger partial charge in [0.2, 0.25) is 0 Å². The van der Waals surface area contributed by atoms with Crippen molar-refractivity contribution in [2.24, 2.45) is 0 Å². The number of rotatable bonds is 5. The highest BCUT2D eigenvalue weighted by atomic mass is 16.5. The van der Waals surface area contributed by atoms with Crippen molar-refractivity contribution in [3.63, 3.8) is 0 Å². The third-order valence-corrected chi connectivity index (χ3v) is 1.90. The van der Waals surface area contributed by atoms with Gasteiger partial charge in [-0.2, -0.15) is 0 Å². The van der Waals surface area contributed by atoms with Gasteiger partial charge in [-0.1, -0.05) is 25.5 Å². The summed E-state index contributed by atoms with van der Waals surface area (Å²) < 4.78 is 5.04. The van der Waals surface area contributed by atoms with Crippen LogP contribution in [0.15, 0.2) is 24.3 Å². The SMILES string of the molecule is [CH2]CCCC(=O)Oc1ccccc1C=O. The van der Waals surface area contributed by atoms with Gasteiger partial charge in [0.15, 0.2) is 6.29 Å². The molecule has 0 aliphatic rings. The van der Waals surface area contributed by atoms with Crippen LogP contribution in [0.5, 0.6) is 5.75 Å². The maximum atomic E-state index is 11.3. The summed E-state index contributed by atoms with van der Waals surface area (Å²) in [6.07, 6.45) is 2.40. The van der Waals surface area contributed by atoms with E-state index < -0.39 is 0 Å². The molecule has 0 aromatic heterocycles. The number of ether oxygens (including phenoxy) is 1. The van der Waals surface area contributed by atoms with Crippen molar-refractivity contribution in [1.29, 1.82) is 0 Å². The van der Waals surface area contributed by atoms with Crippen LogP contribution in [0.25, 0.3) is 0 Å². The minimum absolute atomic E-state index is 0.321. The second-order valence-electron chi connectivity index (χ2n) is 3.09. The van der Waals surface area contributed by atoms with Gasteiger partial charge in [0.05, 0.1) is 5.56 Å². The zero-order chi connectivity index (χ0) is 11.1. The summed E-state index contributed by atoms with van der Waals surface area (Å²) in [6, 6.07) is 6.65. The van der Waals surface area contributed by atoms with Crippen LogP contribution in [-0.4, -0.2) is 12.3 Å². The van der Waals surface area contributed by atoms with Crippen molar-refractivity contribution in [3.05, 3.63) is 36.8 Å². The molecular formula is C12H13O3. The monoisotopic (exact) mass is 205 g/mol. The third-order valence-electron chi connectivity index (χ3n) is 1.90. The molecule has 0 atom stereocenters. The van der Waals surface area contributed by atoms with E-state index in [0.29, 0.717) is 36.9 Å². The highest BCUT2D eigenvalue weighted by molar-refractivity contribution is 5.82. The summed E-state index contributed by atoms with van der Waals surface area (Å²) in [5.41, 5.74) is 0.389. The zero-order valence-corrected chi connectivity index (χ0v) is 8.44. The lowest BCUT2D eigenvalue weighted by molar-refractivity contribution is -0.134. The van der Waals surface area contributed by atoms with Crippen LogP contribution in [0.4, 0.5) is 0 Å². The lowest BCUT2D eigenvalue weighted by Crippen LogP contribution is -2.08. The average Bonchev–Trinajstić information content (AvgIpc) is 2.27. The molecule has 0 heterocycles. The number of hydrogen-bond donors (Lipinski definition) is 0. The summed E-state index contributed by atoms with van der Waals surface area (Å²) in [4.78, 5) is 21.9. The van der Waals surface area contributed by atoms with Crippen LogP contribution < -0.4 is 4.74 Å². The topological polar surface area (TPSA) is 43.4 Å². The molecule has 0 N–H and O–H groups in total. The number of benzene rings is 1. The van der Waals surface area contributed by atoms with E-state index in [-0.39, 0.29) is 5.97 Å². The highest BCUT2D eigenvalue weighted by Crippen LogP contribution is 2.16. The van der Waals surface area contributed by atoms with Crippen molar-refractivity contribution in [3.8, 4) is 5.75 Å². The fraction of sp³-hybridized carbons (Fsp3) is 0.250. The van der Waals surface area contributed by atoms with Crippen molar-refractivity contribution < 1.29 is 14.3 Å². The summed E-state index contributed by atoms with van der Waals surface area (Å²) in [5.74, 6) is -0.00508. The van der Waals surface area contributed by atoms with Crippen molar-refractivity contribution in [1.82, 2.24) is 0 Å². The van der Waals surface area contributed by atoms with Gasteiger partial charge in [-0.3, -0.25) is 9.59 Å². The molecule has 0 bridgehead atoms. The molecule has 1 rings (SSSR count). The summed E-state index contributed by atoms with van der Waals surface area (Å²) in [7, 11) is 0. The van der Waals surface area contributed by atoms with Gasteiger partial charge in [0.1, 0.15) is 5.75 Å². The molecule has 0 spiro atoms. The van der Waals surface area contributed by atoms with Gasteiger partial charge in [-0.25, -0.2) is 0 Å². The lowest BCUT2D eigenvalue weighted by Gasteiger charge is -2.05. The van der Waals surface area contributed by atoms with E-state index >= 15 is 0 Å². The molecular weight excluding hydrogens is 192 g/mol. The van der Waals surface area contributed by atoms with Crippen LogP contribution in [0.2, 0.25) is 0 Å². The number of hydrogen-bond acceptors (Lipinski definition) is 3. The average molecular weight is 205 g/mol. The van der Waals surface area contributed by atoms with E-state index in [1.807, 2.05) is 0 Å². The highest BCUT2D eigenvalue weighted by Gasteiger charge is 2.07. The van der Waals surface area contributed by atoms with Gasteiger partial charge in [0.25, 0.3) is 0 Å². The van der Waals surface area contributed by atoms with E-state index in [9.17, 15) is 9.59 Å². The van der Waals surface area contributed by atoms with Crippen molar-refractivity contribution >= 4 is 12.3 Å².